The number of hydrogen-bond acceptors (Lipinski definition) is 5. The molecule has 27 heavy (non-hydrogen) atoms. The molecule has 1 amide bonds. The molecule has 2 heterocycles. The number of sulfone groups is 1. The minimum Gasteiger partial charge on any atom is -0.336 e. The molecule has 1 aromatic rings. The fourth-order valence-corrected chi connectivity index (χ4v) is 7.20. The van der Waals surface area contributed by atoms with Crippen molar-refractivity contribution in [1.82, 2.24) is 9.62 Å². The van der Waals surface area contributed by atoms with Crippen LogP contribution in [0.2, 0.25) is 10.0 Å². The lowest BCUT2D eigenvalue weighted by Crippen LogP contribution is -2.52. The Labute approximate surface area is 169 Å². The van der Waals surface area contributed by atoms with Crippen molar-refractivity contribution >= 4 is 49.0 Å². The zero-order valence-electron chi connectivity index (χ0n) is 14.6. The van der Waals surface area contributed by atoms with Crippen LogP contribution >= 0.6 is 23.2 Å². The van der Waals surface area contributed by atoms with Gasteiger partial charge in [0.2, 0.25) is 15.9 Å². The molecule has 1 N–H and O–H groups in total. The van der Waals surface area contributed by atoms with Gasteiger partial charge in [-0.1, -0.05) is 29.3 Å². The molecule has 2 saturated heterocycles. The van der Waals surface area contributed by atoms with Gasteiger partial charge in [-0.05, 0) is 37.8 Å². The van der Waals surface area contributed by atoms with Crippen LogP contribution in [0.1, 0.15) is 25.7 Å². The first-order valence-electron chi connectivity index (χ1n) is 8.44. The van der Waals surface area contributed by atoms with Gasteiger partial charge in [0.25, 0.3) is 0 Å². The fourth-order valence-electron chi connectivity index (χ4n) is 3.94. The molecule has 2 fully saturated rings. The van der Waals surface area contributed by atoms with Crippen LogP contribution in [0.4, 0.5) is 0 Å². The minimum absolute atomic E-state index is 0.0310. The molecule has 0 aromatic heterocycles. The monoisotopic (exact) mass is 454 g/mol. The summed E-state index contributed by atoms with van der Waals surface area (Å²) < 4.78 is 50.9. The molecule has 2 aliphatic rings. The molecule has 2 aliphatic heterocycles. The molecule has 2 unspecified atom stereocenters. The fraction of sp³-hybridized carbons (Fsp3) is 0.562. The largest absolute Gasteiger partial charge is 0.336 e. The van der Waals surface area contributed by atoms with Gasteiger partial charge in [0, 0.05) is 18.3 Å². The highest BCUT2D eigenvalue weighted by molar-refractivity contribution is 7.91. The van der Waals surface area contributed by atoms with E-state index in [0.717, 1.165) is 12.8 Å². The Morgan fingerprint density at radius 3 is 2.11 bits per heavy atom. The molecule has 150 valence electrons. The zero-order chi connectivity index (χ0) is 20.0. The van der Waals surface area contributed by atoms with Crippen molar-refractivity contribution in [2.45, 2.75) is 47.9 Å². The van der Waals surface area contributed by atoms with Gasteiger partial charge in [-0.25, -0.2) is 21.6 Å². The topological polar surface area (TPSA) is 101 Å². The Morgan fingerprint density at radius 1 is 1.11 bits per heavy atom. The van der Waals surface area contributed by atoms with Gasteiger partial charge < -0.3 is 4.90 Å². The zero-order valence-corrected chi connectivity index (χ0v) is 17.7. The quantitative estimate of drug-likeness (QED) is 0.730. The van der Waals surface area contributed by atoms with E-state index < -0.39 is 31.7 Å². The predicted molar refractivity (Wildman–Crippen MR) is 103 cm³/mol. The van der Waals surface area contributed by atoms with Crippen molar-refractivity contribution in [2.75, 3.05) is 12.8 Å². The molecule has 0 aliphatic carbocycles. The molecule has 2 bridgehead atoms. The summed E-state index contributed by atoms with van der Waals surface area (Å²) in [6, 6.07) is 3.98. The van der Waals surface area contributed by atoms with E-state index in [0.29, 0.717) is 12.8 Å². The van der Waals surface area contributed by atoms with Crippen LogP contribution in [0.25, 0.3) is 0 Å². The number of nitrogens with one attached hydrogen (secondary N) is 1. The Bertz CT molecular complexity index is 931. The molecule has 3 rings (SSSR count). The van der Waals surface area contributed by atoms with Crippen LogP contribution in [0.15, 0.2) is 23.1 Å². The van der Waals surface area contributed by atoms with Crippen molar-refractivity contribution in [3.8, 4) is 0 Å². The van der Waals surface area contributed by atoms with Crippen molar-refractivity contribution in [3.05, 3.63) is 28.2 Å². The molecule has 2 atom stereocenters. The van der Waals surface area contributed by atoms with Crippen molar-refractivity contribution in [2.24, 2.45) is 0 Å². The Morgan fingerprint density at radius 2 is 1.63 bits per heavy atom. The van der Waals surface area contributed by atoms with Gasteiger partial charge in [0.05, 0.1) is 21.8 Å². The van der Waals surface area contributed by atoms with Gasteiger partial charge in [-0.2, -0.15) is 0 Å². The normalized spacial score (nSPS) is 25.6. The highest BCUT2D eigenvalue weighted by Crippen LogP contribution is 2.38. The second kappa shape index (κ2) is 7.51. The van der Waals surface area contributed by atoms with Gasteiger partial charge in [-0.15, -0.1) is 0 Å². The number of hydrogen-bond donors (Lipinski definition) is 1. The average molecular weight is 455 g/mol. The van der Waals surface area contributed by atoms with Crippen LogP contribution in [0, 0.1) is 0 Å². The number of rotatable bonds is 5. The Balaban J connectivity index is 1.70. The number of carbonyl (C=O) groups excluding carboxylic acids is 1. The number of piperidine rings is 1. The van der Waals surface area contributed by atoms with Crippen LogP contribution in [0.5, 0.6) is 0 Å². The first-order chi connectivity index (χ1) is 12.5. The maximum absolute atomic E-state index is 12.6. The van der Waals surface area contributed by atoms with E-state index in [4.69, 9.17) is 23.2 Å². The molecule has 0 radical (unpaired) electrons. The van der Waals surface area contributed by atoms with Crippen LogP contribution in [-0.4, -0.2) is 57.8 Å². The lowest BCUT2D eigenvalue weighted by Gasteiger charge is -2.38. The highest BCUT2D eigenvalue weighted by atomic mass is 35.5. The molecule has 0 saturated carbocycles. The molecular formula is C16H20Cl2N2O5S2. The summed E-state index contributed by atoms with van der Waals surface area (Å²) in [5, 5.41) is -0.509. The van der Waals surface area contributed by atoms with E-state index in [1.165, 1.54) is 24.5 Å². The molecule has 1 aromatic carbocycles. The summed E-state index contributed by atoms with van der Waals surface area (Å²) >= 11 is 11.9. The van der Waals surface area contributed by atoms with Crippen LogP contribution in [-0.2, 0) is 24.7 Å². The molecule has 7 nitrogen and oxygen atoms in total. The van der Waals surface area contributed by atoms with Gasteiger partial charge in [0.1, 0.15) is 14.7 Å². The summed E-state index contributed by atoms with van der Waals surface area (Å²) in [5.41, 5.74) is 0. The van der Waals surface area contributed by atoms with Crippen molar-refractivity contribution in [3.63, 3.8) is 0 Å². The van der Waals surface area contributed by atoms with E-state index in [9.17, 15) is 21.6 Å². The van der Waals surface area contributed by atoms with E-state index in [1.54, 1.807) is 4.90 Å². The van der Waals surface area contributed by atoms with E-state index in [-0.39, 0.29) is 32.9 Å². The number of amides is 1. The Hall–Kier alpha value is -0.870. The van der Waals surface area contributed by atoms with Crippen LogP contribution in [0.3, 0.4) is 0 Å². The van der Waals surface area contributed by atoms with Gasteiger partial charge >= 0.3 is 0 Å². The van der Waals surface area contributed by atoms with E-state index in [2.05, 4.69) is 4.72 Å². The minimum atomic E-state index is -4.06. The summed E-state index contributed by atoms with van der Waals surface area (Å²) in [7, 11) is -7.22. The lowest BCUT2D eigenvalue weighted by atomic mass is 10.0. The SMILES string of the molecule is CS(=O)(=O)C1CC2CCC(C1)N2C(=O)CNS(=O)(=O)c1c(Cl)cccc1Cl. The van der Waals surface area contributed by atoms with Crippen molar-refractivity contribution in [1.29, 1.82) is 0 Å². The van der Waals surface area contributed by atoms with E-state index in [1.807, 2.05) is 0 Å². The summed E-state index contributed by atoms with van der Waals surface area (Å²) in [6.45, 7) is -0.430. The number of nitrogens with zero attached hydrogens (tertiary/aromatic N) is 1. The molecule has 0 spiro atoms. The first kappa shape index (κ1) is 20.9. The third-order valence-corrected chi connectivity index (χ3v) is 9.14. The average Bonchev–Trinajstić information content (AvgIpc) is 2.81. The second-order valence-electron chi connectivity index (χ2n) is 6.98. The summed E-state index contributed by atoms with van der Waals surface area (Å²) in [5.74, 6) is -0.374. The number of fused-ring (bicyclic) bond motifs is 2. The third-order valence-electron chi connectivity index (χ3n) is 5.18. The summed E-state index contributed by atoms with van der Waals surface area (Å²) in [6.07, 6.45) is 3.46. The summed E-state index contributed by atoms with van der Waals surface area (Å²) in [4.78, 5) is 14.0. The number of halogens is 2. The van der Waals surface area contributed by atoms with Gasteiger partial charge in [-0.3, -0.25) is 4.79 Å². The number of benzene rings is 1. The van der Waals surface area contributed by atoms with Crippen LogP contribution < -0.4 is 4.72 Å². The second-order valence-corrected chi connectivity index (χ2v) is 11.8. The smallest absolute Gasteiger partial charge is 0.244 e. The van der Waals surface area contributed by atoms with Crippen molar-refractivity contribution < 1.29 is 21.6 Å². The number of carbonyl (C=O) groups is 1. The highest BCUT2D eigenvalue weighted by Gasteiger charge is 2.45. The lowest BCUT2D eigenvalue weighted by molar-refractivity contribution is -0.134. The molecule has 11 heteroatoms. The standard InChI is InChI=1S/C16H20Cl2N2O5S2/c1-26(22,23)12-7-10-5-6-11(8-12)20(10)15(21)9-19-27(24,25)16-13(17)3-2-4-14(16)18/h2-4,10-12,19H,5-9H2,1H3. The third kappa shape index (κ3) is 4.27. The van der Waals surface area contributed by atoms with E-state index >= 15 is 0 Å². The first-order valence-corrected chi connectivity index (χ1v) is 12.6. The Kier molecular flexibility index (Phi) is 5.80. The van der Waals surface area contributed by atoms with Gasteiger partial charge in [0.15, 0.2) is 0 Å². The maximum Gasteiger partial charge on any atom is 0.244 e. The predicted octanol–water partition coefficient (Wildman–Crippen LogP) is 1.84. The maximum atomic E-state index is 12.6. The number of sulfonamides is 1. The molecular weight excluding hydrogens is 435 g/mol.